The number of fused-ring (bicyclic) bond motifs is 1. The van der Waals surface area contributed by atoms with Gasteiger partial charge in [0.1, 0.15) is 11.6 Å². The van der Waals surface area contributed by atoms with E-state index in [4.69, 9.17) is 4.52 Å². The third-order valence-electron chi connectivity index (χ3n) is 4.70. The Balaban J connectivity index is 1.53. The Hall–Kier alpha value is -1.68. The molecule has 2 aromatic rings. The number of halogens is 1. The molecule has 2 aliphatic rings. The number of hydrogen-bond acceptors (Lipinski definition) is 3. The van der Waals surface area contributed by atoms with Crippen LogP contribution in [0.3, 0.4) is 0 Å². The van der Waals surface area contributed by atoms with Gasteiger partial charge in [-0.2, -0.15) is 0 Å². The van der Waals surface area contributed by atoms with Crippen molar-refractivity contribution in [2.45, 2.75) is 44.7 Å². The fraction of sp³-hybridized carbons (Fsp3) is 0.471. The van der Waals surface area contributed by atoms with Crippen LogP contribution in [0.15, 0.2) is 28.8 Å². The van der Waals surface area contributed by atoms with Crippen molar-refractivity contribution in [2.75, 3.05) is 6.54 Å². The van der Waals surface area contributed by atoms with E-state index in [1.54, 1.807) is 12.1 Å². The summed E-state index contributed by atoms with van der Waals surface area (Å²) in [5.41, 5.74) is 3.36. The van der Waals surface area contributed by atoms with Crippen LogP contribution in [0, 0.1) is 5.82 Å². The first kappa shape index (κ1) is 13.0. The minimum absolute atomic E-state index is 0.153. The molecular formula is C17H19FN2O. The number of hydrogen-bond donors (Lipinski definition) is 0. The largest absolute Gasteiger partial charge is 0.361 e. The third kappa shape index (κ3) is 2.48. The molecule has 1 saturated carbocycles. The van der Waals surface area contributed by atoms with Crippen LogP contribution in [0.4, 0.5) is 4.39 Å². The van der Waals surface area contributed by atoms with Gasteiger partial charge in [-0.05, 0) is 49.4 Å². The Morgan fingerprint density at radius 3 is 3.00 bits per heavy atom. The normalized spacial score (nSPS) is 22.3. The van der Waals surface area contributed by atoms with Crippen LogP contribution in [0.2, 0.25) is 0 Å². The van der Waals surface area contributed by atoms with Crippen LogP contribution in [-0.4, -0.2) is 16.6 Å². The number of rotatable bonds is 3. The molecule has 0 spiro atoms. The Bertz CT molecular complexity index is 663. The smallest absolute Gasteiger partial charge is 0.140 e. The van der Waals surface area contributed by atoms with Crippen LogP contribution in [0.1, 0.15) is 54.3 Å². The lowest BCUT2D eigenvalue weighted by Gasteiger charge is -2.34. The zero-order valence-electron chi connectivity index (χ0n) is 12.2. The minimum Gasteiger partial charge on any atom is -0.361 e. The molecular weight excluding hydrogens is 267 g/mol. The molecule has 1 aliphatic heterocycles. The van der Waals surface area contributed by atoms with Gasteiger partial charge in [0.2, 0.25) is 0 Å². The van der Waals surface area contributed by atoms with Gasteiger partial charge in [0, 0.05) is 31.1 Å². The lowest BCUT2D eigenvalue weighted by molar-refractivity contribution is 0.184. The zero-order chi connectivity index (χ0) is 14.4. The van der Waals surface area contributed by atoms with Crippen molar-refractivity contribution < 1.29 is 8.91 Å². The second-order valence-electron chi connectivity index (χ2n) is 6.23. The Labute approximate surface area is 123 Å². The highest BCUT2D eigenvalue weighted by molar-refractivity contribution is 5.33. The van der Waals surface area contributed by atoms with Crippen molar-refractivity contribution in [1.82, 2.24) is 10.1 Å². The molecule has 1 fully saturated rings. The molecule has 4 rings (SSSR count). The molecule has 0 bridgehead atoms. The second-order valence-corrected chi connectivity index (χ2v) is 6.23. The van der Waals surface area contributed by atoms with E-state index in [2.05, 4.69) is 23.0 Å². The molecule has 0 radical (unpaired) electrons. The standard InChI is InChI=1S/C17H19FN2O/c1-11-16-8-14(18)5-4-12(16)6-7-20(11)10-15-9-17(21-19-15)13-2-3-13/h4-5,8-9,11,13H,2-3,6-7,10H2,1H3/t11-/m0/s1. The predicted octanol–water partition coefficient (Wildman–Crippen LogP) is 3.81. The van der Waals surface area contributed by atoms with E-state index in [1.165, 1.54) is 18.4 Å². The maximum Gasteiger partial charge on any atom is 0.140 e. The molecule has 110 valence electrons. The average Bonchev–Trinajstić information content (AvgIpc) is 3.23. The number of aromatic nitrogens is 1. The summed E-state index contributed by atoms with van der Waals surface area (Å²) in [6, 6.07) is 7.45. The maximum absolute atomic E-state index is 13.5. The summed E-state index contributed by atoms with van der Waals surface area (Å²) in [4.78, 5) is 2.34. The van der Waals surface area contributed by atoms with Crippen molar-refractivity contribution in [3.63, 3.8) is 0 Å². The minimum atomic E-state index is -0.153. The topological polar surface area (TPSA) is 29.3 Å². The van der Waals surface area contributed by atoms with Crippen LogP contribution in [-0.2, 0) is 13.0 Å². The fourth-order valence-corrected chi connectivity index (χ4v) is 3.22. The summed E-state index contributed by atoms with van der Waals surface area (Å²) >= 11 is 0. The van der Waals surface area contributed by atoms with Crippen molar-refractivity contribution in [3.8, 4) is 0 Å². The summed E-state index contributed by atoms with van der Waals surface area (Å²) in [6.45, 7) is 3.89. The molecule has 1 aromatic carbocycles. The van der Waals surface area contributed by atoms with Gasteiger partial charge in [-0.1, -0.05) is 11.2 Å². The summed E-state index contributed by atoms with van der Waals surface area (Å²) in [5.74, 6) is 1.47. The molecule has 0 saturated heterocycles. The SMILES string of the molecule is C[C@H]1c2cc(F)ccc2CCN1Cc1cc(C2CC2)on1. The van der Waals surface area contributed by atoms with Gasteiger partial charge in [0.25, 0.3) is 0 Å². The highest BCUT2D eigenvalue weighted by Gasteiger charge is 2.29. The van der Waals surface area contributed by atoms with E-state index in [0.29, 0.717) is 5.92 Å². The van der Waals surface area contributed by atoms with Crippen LogP contribution in [0.5, 0.6) is 0 Å². The van der Waals surface area contributed by atoms with Gasteiger partial charge in [-0.3, -0.25) is 4.90 Å². The maximum atomic E-state index is 13.5. The highest BCUT2D eigenvalue weighted by Crippen LogP contribution is 2.40. The summed E-state index contributed by atoms with van der Waals surface area (Å²) in [5, 5.41) is 4.19. The van der Waals surface area contributed by atoms with Crippen molar-refractivity contribution in [2.24, 2.45) is 0 Å². The molecule has 1 aliphatic carbocycles. The van der Waals surface area contributed by atoms with Gasteiger partial charge >= 0.3 is 0 Å². The molecule has 2 heterocycles. The van der Waals surface area contributed by atoms with Crippen LogP contribution < -0.4 is 0 Å². The summed E-state index contributed by atoms with van der Waals surface area (Å²) in [7, 11) is 0. The lowest BCUT2D eigenvalue weighted by atomic mass is 9.93. The average molecular weight is 286 g/mol. The molecule has 21 heavy (non-hydrogen) atoms. The molecule has 3 nitrogen and oxygen atoms in total. The Morgan fingerprint density at radius 1 is 1.33 bits per heavy atom. The van der Waals surface area contributed by atoms with E-state index in [9.17, 15) is 4.39 Å². The van der Waals surface area contributed by atoms with E-state index >= 15 is 0 Å². The third-order valence-corrected chi connectivity index (χ3v) is 4.70. The fourth-order valence-electron chi connectivity index (χ4n) is 3.22. The van der Waals surface area contributed by atoms with Gasteiger partial charge in [-0.15, -0.1) is 0 Å². The molecule has 1 aromatic heterocycles. The van der Waals surface area contributed by atoms with E-state index in [-0.39, 0.29) is 11.9 Å². The van der Waals surface area contributed by atoms with Crippen molar-refractivity contribution in [1.29, 1.82) is 0 Å². The zero-order valence-corrected chi connectivity index (χ0v) is 12.2. The number of benzene rings is 1. The second kappa shape index (κ2) is 4.95. The first-order chi connectivity index (χ1) is 10.2. The van der Waals surface area contributed by atoms with Gasteiger partial charge in [0.15, 0.2) is 0 Å². The van der Waals surface area contributed by atoms with E-state index in [0.717, 1.165) is 36.5 Å². The highest BCUT2D eigenvalue weighted by atomic mass is 19.1. The van der Waals surface area contributed by atoms with Gasteiger partial charge in [-0.25, -0.2) is 4.39 Å². The molecule has 0 amide bonds. The van der Waals surface area contributed by atoms with Crippen LogP contribution >= 0.6 is 0 Å². The molecule has 4 heteroatoms. The quantitative estimate of drug-likeness (QED) is 0.859. The van der Waals surface area contributed by atoms with Crippen molar-refractivity contribution in [3.05, 3.63) is 52.7 Å². The van der Waals surface area contributed by atoms with Crippen LogP contribution in [0.25, 0.3) is 0 Å². The molecule has 0 unspecified atom stereocenters. The van der Waals surface area contributed by atoms with E-state index < -0.39 is 0 Å². The molecule has 0 N–H and O–H groups in total. The monoisotopic (exact) mass is 286 g/mol. The first-order valence-corrected chi connectivity index (χ1v) is 7.68. The van der Waals surface area contributed by atoms with Gasteiger partial charge < -0.3 is 4.52 Å². The van der Waals surface area contributed by atoms with Gasteiger partial charge in [0.05, 0.1) is 5.69 Å². The predicted molar refractivity (Wildman–Crippen MR) is 77.4 cm³/mol. The van der Waals surface area contributed by atoms with Crippen molar-refractivity contribution >= 4 is 0 Å². The Morgan fingerprint density at radius 2 is 2.19 bits per heavy atom. The number of nitrogens with zero attached hydrogens (tertiary/aromatic N) is 2. The lowest BCUT2D eigenvalue weighted by Crippen LogP contribution is -2.33. The Kier molecular flexibility index (Phi) is 3.07. The van der Waals surface area contributed by atoms with E-state index in [1.807, 2.05) is 6.07 Å². The first-order valence-electron chi connectivity index (χ1n) is 7.68. The summed E-state index contributed by atoms with van der Waals surface area (Å²) in [6.07, 6.45) is 3.41. The molecule has 1 atom stereocenters. The summed E-state index contributed by atoms with van der Waals surface area (Å²) < 4.78 is 18.9.